The highest BCUT2D eigenvalue weighted by Crippen LogP contribution is 2.21. The number of halogens is 2. The van der Waals surface area contributed by atoms with Crippen molar-refractivity contribution in [1.82, 2.24) is 19.6 Å². The maximum atomic E-state index is 13.9. The molecule has 1 aromatic carbocycles. The molecule has 0 saturated carbocycles. The van der Waals surface area contributed by atoms with E-state index in [2.05, 4.69) is 10.00 Å². The lowest BCUT2D eigenvalue weighted by molar-refractivity contribution is 0.0616. The molecule has 0 N–H and O–H groups in total. The first-order chi connectivity index (χ1) is 11.1. The third kappa shape index (κ3) is 3.38. The van der Waals surface area contributed by atoms with Crippen molar-refractivity contribution in [3.63, 3.8) is 0 Å². The zero-order valence-electron chi connectivity index (χ0n) is 12.9. The van der Waals surface area contributed by atoms with Gasteiger partial charge in [0.2, 0.25) is 0 Å². The van der Waals surface area contributed by atoms with E-state index in [0.717, 1.165) is 0 Å². The van der Waals surface area contributed by atoms with Crippen LogP contribution in [0.25, 0.3) is 0 Å². The molecule has 1 aliphatic rings. The maximum absolute atomic E-state index is 13.9. The van der Waals surface area contributed by atoms with Crippen molar-refractivity contribution in [1.29, 1.82) is 0 Å². The minimum absolute atomic E-state index is 0.0198. The lowest BCUT2D eigenvalue weighted by atomic mass is 10.1. The molecule has 2 heterocycles. The lowest BCUT2D eigenvalue weighted by Gasteiger charge is -2.34. The summed E-state index contributed by atoms with van der Waals surface area (Å²) in [6.07, 6.45) is 1.61. The lowest BCUT2D eigenvalue weighted by Crippen LogP contribution is -2.48. The van der Waals surface area contributed by atoms with Crippen LogP contribution in [0.15, 0.2) is 30.5 Å². The number of aromatic nitrogens is 2. The van der Waals surface area contributed by atoms with Gasteiger partial charge >= 0.3 is 0 Å². The Morgan fingerprint density at radius 1 is 1.26 bits per heavy atom. The molecule has 0 spiro atoms. The zero-order valence-corrected chi connectivity index (χ0v) is 13.6. The molecule has 7 heteroatoms. The van der Waals surface area contributed by atoms with Gasteiger partial charge in [0.1, 0.15) is 11.5 Å². The smallest absolute Gasteiger partial charge is 0.272 e. The number of amides is 1. The van der Waals surface area contributed by atoms with E-state index >= 15 is 0 Å². The van der Waals surface area contributed by atoms with Gasteiger partial charge in [-0.15, -0.1) is 0 Å². The first kappa shape index (κ1) is 16.0. The fraction of sp³-hybridized carbons (Fsp3) is 0.375. The predicted octanol–water partition coefficient (Wildman–Crippen LogP) is 2.17. The van der Waals surface area contributed by atoms with Crippen LogP contribution in [0, 0.1) is 5.82 Å². The molecule has 2 aromatic rings. The average Bonchev–Trinajstić information content (AvgIpc) is 2.97. The second-order valence-corrected chi connectivity index (χ2v) is 6.02. The molecule has 1 fully saturated rings. The molecule has 0 atom stereocenters. The van der Waals surface area contributed by atoms with Crippen LogP contribution < -0.4 is 0 Å². The summed E-state index contributed by atoms with van der Waals surface area (Å²) in [5.74, 6) is -0.306. The van der Waals surface area contributed by atoms with Crippen LogP contribution in [-0.2, 0) is 13.6 Å². The van der Waals surface area contributed by atoms with Gasteiger partial charge in [-0.2, -0.15) is 5.10 Å². The molecular weight excluding hydrogens is 319 g/mol. The van der Waals surface area contributed by atoms with E-state index in [9.17, 15) is 9.18 Å². The summed E-state index contributed by atoms with van der Waals surface area (Å²) in [7, 11) is 1.75. The zero-order chi connectivity index (χ0) is 16.4. The largest absolute Gasteiger partial charge is 0.335 e. The summed E-state index contributed by atoms with van der Waals surface area (Å²) in [5.41, 5.74) is 1.09. The van der Waals surface area contributed by atoms with E-state index in [-0.39, 0.29) is 11.7 Å². The number of rotatable bonds is 3. The van der Waals surface area contributed by atoms with Crippen molar-refractivity contribution in [3.05, 3.63) is 52.6 Å². The maximum Gasteiger partial charge on any atom is 0.272 e. The van der Waals surface area contributed by atoms with Gasteiger partial charge in [0.15, 0.2) is 0 Å². The molecule has 1 aliphatic heterocycles. The molecular formula is C16H18ClFN4O. The SMILES string of the molecule is Cn1nccc1C(=O)N1CCN(Cc2c(F)cccc2Cl)CC1. The molecule has 5 nitrogen and oxygen atoms in total. The number of hydrogen-bond acceptors (Lipinski definition) is 3. The normalized spacial score (nSPS) is 15.9. The molecule has 1 aromatic heterocycles. The van der Waals surface area contributed by atoms with Crippen molar-refractivity contribution in [2.75, 3.05) is 26.2 Å². The van der Waals surface area contributed by atoms with E-state index in [4.69, 9.17) is 11.6 Å². The van der Waals surface area contributed by atoms with Crippen molar-refractivity contribution in [2.24, 2.45) is 7.05 Å². The Bertz CT molecular complexity index is 690. The molecule has 3 rings (SSSR count). The number of carbonyl (C=O) groups excluding carboxylic acids is 1. The molecule has 0 radical (unpaired) electrons. The first-order valence-corrected chi connectivity index (χ1v) is 7.86. The van der Waals surface area contributed by atoms with Crippen molar-refractivity contribution >= 4 is 17.5 Å². The van der Waals surface area contributed by atoms with E-state index in [1.165, 1.54) is 6.07 Å². The Hall–Kier alpha value is -1.92. The minimum Gasteiger partial charge on any atom is -0.335 e. The van der Waals surface area contributed by atoms with Gasteiger partial charge in [-0.05, 0) is 18.2 Å². The van der Waals surface area contributed by atoms with Crippen molar-refractivity contribution < 1.29 is 9.18 Å². The first-order valence-electron chi connectivity index (χ1n) is 7.49. The number of aryl methyl sites for hydroxylation is 1. The van der Waals surface area contributed by atoms with Crippen LogP contribution in [0.4, 0.5) is 4.39 Å². The standard InChI is InChI=1S/C16H18ClFN4O/c1-20-15(5-6-19-20)16(23)22-9-7-21(8-10-22)11-12-13(17)3-2-4-14(12)18/h2-6H,7-11H2,1H3. The molecule has 122 valence electrons. The Morgan fingerprint density at radius 2 is 2.00 bits per heavy atom. The number of carbonyl (C=O) groups is 1. The highest BCUT2D eigenvalue weighted by molar-refractivity contribution is 6.31. The molecule has 0 unspecified atom stereocenters. The molecule has 0 aliphatic carbocycles. The summed E-state index contributed by atoms with van der Waals surface area (Å²) in [5, 5.41) is 4.47. The summed E-state index contributed by atoms with van der Waals surface area (Å²) in [6.45, 7) is 3.05. The second kappa shape index (κ2) is 6.68. The van der Waals surface area contributed by atoms with Gasteiger partial charge in [-0.3, -0.25) is 14.4 Å². The van der Waals surface area contributed by atoms with Crippen LogP contribution in [0.2, 0.25) is 5.02 Å². The van der Waals surface area contributed by atoms with E-state index in [0.29, 0.717) is 49.0 Å². The van der Waals surface area contributed by atoms with Gasteiger partial charge in [0.05, 0.1) is 0 Å². The second-order valence-electron chi connectivity index (χ2n) is 5.61. The van der Waals surface area contributed by atoms with Crippen LogP contribution in [0.3, 0.4) is 0 Å². The van der Waals surface area contributed by atoms with Crippen molar-refractivity contribution in [3.8, 4) is 0 Å². The van der Waals surface area contributed by atoms with Crippen LogP contribution in [0.1, 0.15) is 16.1 Å². The Morgan fingerprint density at radius 3 is 2.61 bits per heavy atom. The molecule has 1 saturated heterocycles. The van der Waals surface area contributed by atoms with E-state index in [1.54, 1.807) is 41.0 Å². The van der Waals surface area contributed by atoms with Gasteiger partial charge in [-0.1, -0.05) is 17.7 Å². The molecule has 0 bridgehead atoms. The number of hydrogen-bond donors (Lipinski definition) is 0. The third-order valence-electron chi connectivity index (χ3n) is 4.14. The highest BCUT2D eigenvalue weighted by Gasteiger charge is 2.24. The summed E-state index contributed by atoms with van der Waals surface area (Å²) in [4.78, 5) is 16.3. The average molecular weight is 337 g/mol. The highest BCUT2D eigenvalue weighted by atomic mass is 35.5. The molecule has 23 heavy (non-hydrogen) atoms. The quantitative estimate of drug-likeness (QED) is 0.862. The van der Waals surface area contributed by atoms with Crippen molar-refractivity contribution in [2.45, 2.75) is 6.54 Å². The van der Waals surface area contributed by atoms with Gasteiger partial charge < -0.3 is 4.90 Å². The topological polar surface area (TPSA) is 41.4 Å². The summed E-state index contributed by atoms with van der Waals surface area (Å²) in [6, 6.07) is 6.44. The minimum atomic E-state index is -0.286. The number of benzene rings is 1. The Labute approximate surface area is 139 Å². The number of piperazine rings is 1. The van der Waals surface area contributed by atoms with Gasteiger partial charge in [-0.25, -0.2) is 4.39 Å². The monoisotopic (exact) mass is 336 g/mol. The molecule has 1 amide bonds. The predicted molar refractivity (Wildman–Crippen MR) is 85.8 cm³/mol. The summed E-state index contributed by atoms with van der Waals surface area (Å²) < 4.78 is 15.4. The van der Waals surface area contributed by atoms with Gasteiger partial charge in [0, 0.05) is 56.6 Å². The fourth-order valence-corrected chi connectivity index (χ4v) is 2.98. The van der Waals surface area contributed by atoms with Crippen LogP contribution in [-0.4, -0.2) is 51.7 Å². The van der Waals surface area contributed by atoms with E-state index < -0.39 is 0 Å². The Kier molecular flexibility index (Phi) is 4.63. The van der Waals surface area contributed by atoms with Crippen LogP contribution in [0.5, 0.6) is 0 Å². The van der Waals surface area contributed by atoms with Gasteiger partial charge in [0.25, 0.3) is 5.91 Å². The third-order valence-corrected chi connectivity index (χ3v) is 4.50. The Balaban J connectivity index is 1.61. The number of nitrogens with zero attached hydrogens (tertiary/aromatic N) is 4. The van der Waals surface area contributed by atoms with E-state index in [1.807, 2.05) is 0 Å². The fourth-order valence-electron chi connectivity index (χ4n) is 2.76. The summed E-state index contributed by atoms with van der Waals surface area (Å²) >= 11 is 6.07. The van der Waals surface area contributed by atoms with Crippen LogP contribution >= 0.6 is 11.6 Å².